The summed E-state index contributed by atoms with van der Waals surface area (Å²) < 4.78 is 38.6. The molecular weight excluding hydrogens is 336 g/mol. The van der Waals surface area contributed by atoms with Gasteiger partial charge >= 0.3 is 12.6 Å². The molecule has 0 heterocycles. The molecule has 0 spiro atoms. The molecule has 8 heteroatoms. The van der Waals surface area contributed by atoms with Crippen LogP contribution in [0.15, 0.2) is 24.3 Å². The molecule has 0 unspecified atom stereocenters. The van der Waals surface area contributed by atoms with Gasteiger partial charge < -0.3 is 19.5 Å². The van der Waals surface area contributed by atoms with Gasteiger partial charge in [0.05, 0.1) is 7.11 Å². The number of benzene rings is 1. The summed E-state index contributed by atoms with van der Waals surface area (Å²) in [4.78, 5) is 23.0. The molecule has 0 aliphatic rings. The number of rotatable bonds is 10. The third kappa shape index (κ3) is 8.14. The van der Waals surface area contributed by atoms with Crippen molar-refractivity contribution in [1.82, 2.24) is 5.32 Å². The van der Waals surface area contributed by atoms with E-state index in [4.69, 9.17) is 9.47 Å². The van der Waals surface area contributed by atoms with Crippen molar-refractivity contribution in [3.05, 3.63) is 29.8 Å². The van der Waals surface area contributed by atoms with Crippen LogP contribution >= 0.6 is 0 Å². The quantitative estimate of drug-likeness (QED) is 0.396. The van der Waals surface area contributed by atoms with Crippen molar-refractivity contribution in [2.24, 2.45) is 0 Å². The highest BCUT2D eigenvalue weighted by Crippen LogP contribution is 2.29. The van der Waals surface area contributed by atoms with Gasteiger partial charge in [0, 0.05) is 12.6 Å². The van der Waals surface area contributed by atoms with Crippen molar-refractivity contribution in [3.63, 3.8) is 0 Å². The number of ether oxygens (including phenoxy) is 3. The van der Waals surface area contributed by atoms with Gasteiger partial charge in [-0.3, -0.25) is 4.79 Å². The second-order valence-electron chi connectivity index (χ2n) is 4.93. The van der Waals surface area contributed by atoms with Crippen molar-refractivity contribution in [3.8, 4) is 11.5 Å². The minimum Gasteiger partial charge on any atom is -0.493 e. The number of unbranched alkanes of at least 4 members (excludes halogenated alkanes) is 1. The van der Waals surface area contributed by atoms with E-state index in [9.17, 15) is 18.4 Å². The fourth-order valence-corrected chi connectivity index (χ4v) is 1.79. The molecule has 138 valence electrons. The molecule has 0 aliphatic heterocycles. The lowest BCUT2D eigenvalue weighted by Crippen LogP contribution is -2.29. The molecule has 25 heavy (non-hydrogen) atoms. The van der Waals surface area contributed by atoms with E-state index in [0.717, 1.165) is 18.9 Å². The summed E-state index contributed by atoms with van der Waals surface area (Å²) in [6.07, 6.45) is 4.34. The zero-order chi connectivity index (χ0) is 18.7. The number of esters is 1. The number of alkyl halides is 2. The fraction of sp³-hybridized carbons (Fsp3) is 0.412. The summed E-state index contributed by atoms with van der Waals surface area (Å²) in [5, 5.41) is 2.62. The topological polar surface area (TPSA) is 73.9 Å². The van der Waals surface area contributed by atoms with Gasteiger partial charge in [-0.15, -0.1) is 0 Å². The SMILES string of the molecule is CCCCNC(=O)COC(=O)/C=C/c1ccc(OC(F)F)c(OC)c1. The van der Waals surface area contributed by atoms with E-state index in [1.165, 1.54) is 31.4 Å². The first-order chi connectivity index (χ1) is 12.0. The highest BCUT2D eigenvalue weighted by atomic mass is 19.3. The molecule has 0 bridgehead atoms. The van der Waals surface area contributed by atoms with Crippen LogP contribution in [-0.4, -0.2) is 38.7 Å². The van der Waals surface area contributed by atoms with Crippen LogP contribution in [0.2, 0.25) is 0 Å². The van der Waals surface area contributed by atoms with Gasteiger partial charge in [0.1, 0.15) is 0 Å². The number of hydrogen-bond acceptors (Lipinski definition) is 5. The molecule has 0 fully saturated rings. The Labute approximate surface area is 144 Å². The van der Waals surface area contributed by atoms with Crippen LogP contribution in [0.5, 0.6) is 11.5 Å². The molecule has 1 amide bonds. The fourth-order valence-electron chi connectivity index (χ4n) is 1.79. The minimum absolute atomic E-state index is 0.103. The van der Waals surface area contributed by atoms with E-state index in [-0.39, 0.29) is 24.0 Å². The van der Waals surface area contributed by atoms with Gasteiger partial charge in [0.25, 0.3) is 5.91 Å². The second-order valence-corrected chi connectivity index (χ2v) is 4.93. The first-order valence-corrected chi connectivity index (χ1v) is 7.70. The zero-order valence-corrected chi connectivity index (χ0v) is 14.1. The Kier molecular flexibility index (Phi) is 8.99. The number of carbonyl (C=O) groups is 2. The molecule has 1 aromatic carbocycles. The summed E-state index contributed by atoms with van der Waals surface area (Å²) in [7, 11) is 1.31. The molecule has 1 rings (SSSR count). The van der Waals surface area contributed by atoms with Crippen LogP contribution in [0.4, 0.5) is 8.78 Å². The second kappa shape index (κ2) is 11.0. The monoisotopic (exact) mass is 357 g/mol. The van der Waals surface area contributed by atoms with Crippen LogP contribution in [0.1, 0.15) is 25.3 Å². The molecule has 1 aromatic rings. The molecule has 0 aliphatic carbocycles. The normalized spacial score (nSPS) is 10.8. The third-order valence-corrected chi connectivity index (χ3v) is 3.01. The molecule has 0 saturated carbocycles. The van der Waals surface area contributed by atoms with E-state index in [1.54, 1.807) is 0 Å². The summed E-state index contributed by atoms with van der Waals surface area (Å²) in [6, 6.07) is 4.21. The minimum atomic E-state index is -2.96. The molecule has 6 nitrogen and oxygen atoms in total. The van der Waals surface area contributed by atoms with E-state index in [2.05, 4.69) is 10.1 Å². The van der Waals surface area contributed by atoms with E-state index >= 15 is 0 Å². The maximum atomic E-state index is 12.3. The number of nitrogens with one attached hydrogen (secondary N) is 1. The van der Waals surface area contributed by atoms with Gasteiger partial charge in [-0.2, -0.15) is 8.78 Å². The summed E-state index contributed by atoms with van der Waals surface area (Å²) >= 11 is 0. The first-order valence-electron chi connectivity index (χ1n) is 7.70. The van der Waals surface area contributed by atoms with Crippen molar-refractivity contribution < 1.29 is 32.6 Å². The maximum Gasteiger partial charge on any atom is 0.387 e. The summed E-state index contributed by atoms with van der Waals surface area (Å²) in [5.74, 6) is -1.07. The van der Waals surface area contributed by atoms with Gasteiger partial charge in [0.15, 0.2) is 18.1 Å². The third-order valence-electron chi connectivity index (χ3n) is 3.01. The average molecular weight is 357 g/mol. The lowest BCUT2D eigenvalue weighted by atomic mass is 10.2. The molecule has 0 saturated heterocycles. The van der Waals surface area contributed by atoms with Crippen LogP contribution in [0.3, 0.4) is 0 Å². The number of amides is 1. The van der Waals surface area contributed by atoms with Crippen LogP contribution in [0, 0.1) is 0 Å². The average Bonchev–Trinajstić information content (AvgIpc) is 2.58. The Morgan fingerprint density at radius 2 is 2.04 bits per heavy atom. The van der Waals surface area contributed by atoms with Gasteiger partial charge in [-0.25, -0.2) is 4.79 Å². The predicted octanol–water partition coefficient (Wildman–Crippen LogP) is 2.77. The van der Waals surface area contributed by atoms with Gasteiger partial charge in [-0.1, -0.05) is 19.4 Å². The Hall–Kier alpha value is -2.64. The standard InChI is InChI=1S/C17H21F2NO5/c1-3-4-9-20-15(21)11-24-16(22)8-6-12-5-7-13(25-17(18)19)14(10-12)23-2/h5-8,10,17H,3-4,9,11H2,1-2H3,(H,20,21)/b8-6+. The van der Waals surface area contributed by atoms with Gasteiger partial charge in [0.2, 0.25) is 0 Å². The van der Waals surface area contributed by atoms with Crippen LogP contribution < -0.4 is 14.8 Å². The van der Waals surface area contributed by atoms with Crippen LogP contribution in [0.25, 0.3) is 6.08 Å². The van der Waals surface area contributed by atoms with E-state index in [1.807, 2.05) is 6.92 Å². The number of carbonyl (C=O) groups excluding carboxylic acids is 2. The van der Waals surface area contributed by atoms with Crippen molar-refractivity contribution in [1.29, 1.82) is 0 Å². The lowest BCUT2D eigenvalue weighted by Gasteiger charge is -2.10. The first kappa shape index (κ1) is 20.4. The lowest BCUT2D eigenvalue weighted by molar-refractivity contribution is -0.143. The smallest absolute Gasteiger partial charge is 0.387 e. The molecule has 0 radical (unpaired) electrons. The van der Waals surface area contributed by atoms with Crippen molar-refractivity contribution >= 4 is 18.0 Å². The molecule has 1 N–H and O–H groups in total. The number of hydrogen-bond donors (Lipinski definition) is 1. The number of methoxy groups -OCH3 is 1. The highest BCUT2D eigenvalue weighted by molar-refractivity contribution is 5.89. The van der Waals surface area contributed by atoms with E-state index in [0.29, 0.717) is 12.1 Å². The summed E-state index contributed by atoms with van der Waals surface area (Å²) in [5.41, 5.74) is 0.516. The molecule has 0 atom stereocenters. The molecular formula is C17H21F2NO5. The van der Waals surface area contributed by atoms with Crippen LogP contribution in [-0.2, 0) is 14.3 Å². The maximum absolute atomic E-state index is 12.3. The summed E-state index contributed by atoms with van der Waals surface area (Å²) in [6.45, 7) is -0.792. The largest absolute Gasteiger partial charge is 0.493 e. The van der Waals surface area contributed by atoms with Crippen molar-refractivity contribution in [2.75, 3.05) is 20.3 Å². The predicted molar refractivity (Wildman–Crippen MR) is 87.5 cm³/mol. The Bertz CT molecular complexity index is 605. The Morgan fingerprint density at radius 3 is 2.68 bits per heavy atom. The number of halogens is 2. The Balaban J connectivity index is 2.54. The van der Waals surface area contributed by atoms with E-state index < -0.39 is 12.6 Å². The van der Waals surface area contributed by atoms with Crippen molar-refractivity contribution in [2.45, 2.75) is 26.4 Å². The zero-order valence-electron chi connectivity index (χ0n) is 14.1. The highest BCUT2D eigenvalue weighted by Gasteiger charge is 2.10. The molecule has 0 aromatic heterocycles. The Morgan fingerprint density at radius 1 is 1.28 bits per heavy atom. The van der Waals surface area contributed by atoms with Gasteiger partial charge in [-0.05, 0) is 30.2 Å².